The number of nitrogens with one attached hydrogen (secondary N) is 1. The van der Waals surface area contributed by atoms with Gasteiger partial charge in [0, 0.05) is 25.0 Å². The molecule has 6 heteroatoms. The van der Waals surface area contributed by atoms with E-state index in [1.165, 1.54) is 6.07 Å². The SMILES string of the molecule is COc1cccc(CC(=O)N[C@H](c2ccccc2F)c2nccn2C)c1. The Morgan fingerprint density at radius 3 is 2.77 bits per heavy atom. The average Bonchev–Trinajstić information content (AvgIpc) is 3.06. The molecule has 0 aliphatic heterocycles. The second kappa shape index (κ2) is 7.82. The number of carbonyl (C=O) groups excluding carboxylic acids is 1. The monoisotopic (exact) mass is 353 g/mol. The number of nitrogens with zero attached hydrogens (tertiary/aromatic N) is 2. The molecule has 0 aliphatic carbocycles. The Hall–Kier alpha value is -3.15. The summed E-state index contributed by atoms with van der Waals surface area (Å²) in [4.78, 5) is 16.9. The maximum atomic E-state index is 14.3. The van der Waals surface area contributed by atoms with Crippen molar-refractivity contribution in [3.63, 3.8) is 0 Å². The van der Waals surface area contributed by atoms with Crippen LogP contribution >= 0.6 is 0 Å². The lowest BCUT2D eigenvalue weighted by Gasteiger charge is -2.20. The van der Waals surface area contributed by atoms with Crippen LogP contribution in [-0.4, -0.2) is 22.6 Å². The first-order valence-electron chi connectivity index (χ1n) is 8.22. The minimum atomic E-state index is -0.672. The van der Waals surface area contributed by atoms with Crippen molar-refractivity contribution in [1.29, 1.82) is 0 Å². The Kier molecular flexibility index (Phi) is 5.31. The fraction of sp³-hybridized carbons (Fsp3) is 0.200. The van der Waals surface area contributed by atoms with E-state index < -0.39 is 6.04 Å². The highest BCUT2D eigenvalue weighted by Crippen LogP contribution is 2.23. The third kappa shape index (κ3) is 3.91. The normalized spacial score (nSPS) is 11.8. The van der Waals surface area contributed by atoms with Crippen LogP contribution in [0.2, 0.25) is 0 Å². The maximum absolute atomic E-state index is 14.3. The summed E-state index contributed by atoms with van der Waals surface area (Å²) in [6, 6.07) is 13.0. The van der Waals surface area contributed by atoms with E-state index in [1.807, 2.05) is 25.2 Å². The zero-order valence-corrected chi connectivity index (χ0v) is 14.6. The van der Waals surface area contributed by atoms with E-state index in [0.717, 1.165) is 5.56 Å². The van der Waals surface area contributed by atoms with Gasteiger partial charge in [-0.15, -0.1) is 0 Å². The number of rotatable bonds is 6. The number of methoxy groups -OCH3 is 1. The first kappa shape index (κ1) is 17.7. The molecule has 3 aromatic rings. The van der Waals surface area contributed by atoms with E-state index >= 15 is 0 Å². The summed E-state index contributed by atoms with van der Waals surface area (Å²) in [5, 5.41) is 2.90. The van der Waals surface area contributed by atoms with Crippen LogP contribution in [-0.2, 0) is 18.3 Å². The second-order valence-electron chi connectivity index (χ2n) is 5.95. The molecular formula is C20H20FN3O2. The van der Waals surface area contributed by atoms with Gasteiger partial charge in [-0.3, -0.25) is 4.79 Å². The summed E-state index contributed by atoms with van der Waals surface area (Å²) in [5.41, 5.74) is 1.19. The highest BCUT2D eigenvalue weighted by atomic mass is 19.1. The number of carbonyl (C=O) groups is 1. The number of hydrogen-bond donors (Lipinski definition) is 1. The van der Waals surface area contributed by atoms with Crippen molar-refractivity contribution in [2.75, 3.05) is 7.11 Å². The summed E-state index contributed by atoms with van der Waals surface area (Å²) in [7, 11) is 3.39. The van der Waals surface area contributed by atoms with Crippen molar-refractivity contribution in [2.24, 2.45) is 7.05 Å². The molecule has 134 valence electrons. The molecule has 1 aromatic heterocycles. The molecule has 1 atom stereocenters. The highest BCUT2D eigenvalue weighted by Gasteiger charge is 2.23. The topological polar surface area (TPSA) is 56.1 Å². The number of imidazole rings is 1. The van der Waals surface area contributed by atoms with Gasteiger partial charge in [0.05, 0.1) is 13.5 Å². The van der Waals surface area contributed by atoms with Gasteiger partial charge < -0.3 is 14.6 Å². The highest BCUT2D eigenvalue weighted by molar-refractivity contribution is 5.79. The molecule has 0 spiro atoms. The van der Waals surface area contributed by atoms with Gasteiger partial charge in [-0.25, -0.2) is 9.37 Å². The minimum absolute atomic E-state index is 0.159. The zero-order chi connectivity index (χ0) is 18.5. The quantitative estimate of drug-likeness (QED) is 0.741. The van der Waals surface area contributed by atoms with Crippen molar-refractivity contribution in [3.05, 3.63) is 83.7 Å². The summed E-state index contributed by atoms with van der Waals surface area (Å²) in [5.74, 6) is 0.635. The molecule has 0 fully saturated rings. The molecule has 1 heterocycles. The second-order valence-corrected chi connectivity index (χ2v) is 5.95. The van der Waals surface area contributed by atoms with Crippen LogP contribution in [0.4, 0.5) is 4.39 Å². The van der Waals surface area contributed by atoms with Crippen molar-refractivity contribution in [2.45, 2.75) is 12.5 Å². The fourth-order valence-corrected chi connectivity index (χ4v) is 2.83. The number of aromatic nitrogens is 2. The summed E-state index contributed by atoms with van der Waals surface area (Å²) >= 11 is 0. The van der Waals surface area contributed by atoms with Gasteiger partial charge in [0.1, 0.15) is 23.4 Å². The Balaban J connectivity index is 1.85. The lowest BCUT2D eigenvalue weighted by atomic mass is 10.0. The van der Waals surface area contributed by atoms with Crippen LogP contribution in [0, 0.1) is 5.82 Å². The molecule has 0 unspecified atom stereocenters. The molecule has 5 nitrogen and oxygen atoms in total. The van der Waals surface area contributed by atoms with E-state index in [0.29, 0.717) is 17.1 Å². The molecule has 2 aromatic carbocycles. The van der Waals surface area contributed by atoms with Gasteiger partial charge >= 0.3 is 0 Å². The van der Waals surface area contributed by atoms with Crippen LogP contribution in [0.25, 0.3) is 0 Å². The van der Waals surface area contributed by atoms with Crippen LogP contribution in [0.3, 0.4) is 0 Å². The van der Waals surface area contributed by atoms with Crippen LogP contribution in [0.5, 0.6) is 5.75 Å². The number of hydrogen-bond acceptors (Lipinski definition) is 3. The first-order chi connectivity index (χ1) is 12.6. The van der Waals surface area contributed by atoms with Crippen LogP contribution in [0.1, 0.15) is 23.0 Å². The van der Waals surface area contributed by atoms with Gasteiger partial charge in [-0.1, -0.05) is 30.3 Å². The molecule has 3 rings (SSSR count). The minimum Gasteiger partial charge on any atom is -0.497 e. The summed E-state index contributed by atoms with van der Waals surface area (Å²) < 4.78 is 21.3. The molecular weight excluding hydrogens is 333 g/mol. The fourth-order valence-electron chi connectivity index (χ4n) is 2.83. The molecule has 0 saturated carbocycles. The standard InChI is InChI=1S/C20H20FN3O2/c1-24-11-10-22-20(24)19(16-8-3-4-9-17(16)21)23-18(25)13-14-6-5-7-15(12-14)26-2/h3-12,19H,13H2,1-2H3,(H,23,25)/t19-/m1/s1. The third-order valence-corrected chi connectivity index (χ3v) is 4.14. The molecule has 0 saturated heterocycles. The number of amides is 1. The van der Waals surface area contributed by atoms with Gasteiger partial charge in [0.2, 0.25) is 5.91 Å². The third-order valence-electron chi connectivity index (χ3n) is 4.14. The molecule has 0 aliphatic rings. The van der Waals surface area contributed by atoms with E-state index in [4.69, 9.17) is 4.74 Å². The molecule has 1 N–H and O–H groups in total. The van der Waals surface area contributed by atoms with Crippen molar-refractivity contribution < 1.29 is 13.9 Å². The van der Waals surface area contributed by atoms with Crippen molar-refractivity contribution in [3.8, 4) is 5.75 Å². The van der Waals surface area contributed by atoms with E-state index in [2.05, 4.69) is 10.3 Å². The Morgan fingerprint density at radius 1 is 1.27 bits per heavy atom. The number of ether oxygens (including phenoxy) is 1. The predicted octanol–water partition coefficient (Wildman–Crippen LogP) is 3.02. The molecule has 0 radical (unpaired) electrons. The predicted molar refractivity (Wildman–Crippen MR) is 96.3 cm³/mol. The van der Waals surface area contributed by atoms with E-state index in [1.54, 1.807) is 48.3 Å². The smallest absolute Gasteiger partial charge is 0.225 e. The largest absolute Gasteiger partial charge is 0.497 e. The van der Waals surface area contributed by atoms with Crippen LogP contribution < -0.4 is 10.1 Å². The van der Waals surface area contributed by atoms with E-state index in [9.17, 15) is 9.18 Å². The maximum Gasteiger partial charge on any atom is 0.225 e. The van der Waals surface area contributed by atoms with Crippen molar-refractivity contribution >= 4 is 5.91 Å². The zero-order valence-electron chi connectivity index (χ0n) is 14.6. The first-order valence-corrected chi connectivity index (χ1v) is 8.22. The molecule has 26 heavy (non-hydrogen) atoms. The summed E-state index contributed by atoms with van der Waals surface area (Å²) in [6.07, 6.45) is 3.54. The Bertz CT molecular complexity index is 907. The van der Waals surface area contributed by atoms with Gasteiger partial charge in [-0.05, 0) is 23.8 Å². The Labute approximate surface area is 151 Å². The van der Waals surface area contributed by atoms with Gasteiger partial charge in [0.25, 0.3) is 0 Å². The van der Waals surface area contributed by atoms with Gasteiger partial charge in [0.15, 0.2) is 0 Å². The number of halogens is 1. The van der Waals surface area contributed by atoms with Crippen LogP contribution in [0.15, 0.2) is 60.9 Å². The van der Waals surface area contributed by atoms with Crippen molar-refractivity contribution in [1.82, 2.24) is 14.9 Å². The molecule has 1 amide bonds. The number of benzene rings is 2. The Morgan fingerprint density at radius 2 is 2.08 bits per heavy atom. The average molecular weight is 353 g/mol. The van der Waals surface area contributed by atoms with Gasteiger partial charge in [-0.2, -0.15) is 0 Å². The van der Waals surface area contributed by atoms with E-state index in [-0.39, 0.29) is 18.1 Å². The lowest BCUT2D eigenvalue weighted by molar-refractivity contribution is -0.121. The number of aryl methyl sites for hydroxylation is 1. The molecule has 0 bridgehead atoms. The lowest BCUT2D eigenvalue weighted by Crippen LogP contribution is -2.32. The summed E-state index contributed by atoms with van der Waals surface area (Å²) in [6.45, 7) is 0.